The van der Waals surface area contributed by atoms with Crippen LogP contribution in [0.3, 0.4) is 0 Å². The standard InChI is InChI=1S/3C5H8O2.Pr/c3*1-4(6)3-5(2)7;/h3*3,6H,1-2H3;/b3*4-3-;. The van der Waals surface area contributed by atoms with E-state index < -0.39 is 0 Å². The Morgan fingerprint density at radius 3 is 0.682 bits per heavy atom. The van der Waals surface area contributed by atoms with Crippen molar-refractivity contribution < 1.29 is 71.0 Å². The van der Waals surface area contributed by atoms with Crippen LogP contribution in [0.1, 0.15) is 41.5 Å². The predicted octanol–water partition coefficient (Wildman–Crippen LogP) is 3.11. The van der Waals surface area contributed by atoms with Crippen molar-refractivity contribution >= 4 is 17.3 Å². The fourth-order valence-electron chi connectivity index (χ4n) is 0.882. The van der Waals surface area contributed by atoms with Crippen molar-refractivity contribution in [2.75, 3.05) is 0 Å². The molecule has 1 radical (unpaired) electrons. The van der Waals surface area contributed by atoms with Gasteiger partial charge >= 0.3 is 0 Å². The molecule has 0 aliphatic heterocycles. The molecular formula is C15H24O6Pr. The summed E-state index contributed by atoms with van der Waals surface area (Å²) in [5.74, 6) is -0.187. The van der Waals surface area contributed by atoms with Gasteiger partial charge in [0.2, 0.25) is 0 Å². The number of hydrogen-bond donors (Lipinski definition) is 3. The average molecular weight is 441 g/mol. The second-order valence-corrected chi connectivity index (χ2v) is 4.19. The predicted molar refractivity (Wildman–Crippen MR) is 81.2 cm³/mol. The van der Waals surface area contributed by atoms with Crippen molar-refractivity contribution in [2.45, 2.75) is 41.5 Å². The number of carbonyl (C=O) groups excluding carboxylic acids is 3. The number of aliphatic hydroxyl groups excluding tert-OH is 3. The molecule has 0 aromatic carbocycles. The Labute approximate surface area is 164 Å². The number of ketones is 3. The first-order valence-electron chi connectivity index (χ1n) is 6.02. The molecule has 7 heteroatoms. The van der Waals surface area contributed by atoms with Crippen LogP contribution in [0.2, 0.25) is 0 Å². The minimum Gasteiger partial charge on any atom is -0.512 e. The molecule has 0 aromatic heterocycles. The Bertz CT molecular complexity index is 368. The van der Waals surface area contributed by atoms with Crippen LogP contribution in [0, 0.1) is 41.3 Å². The monoisotopic (exact) mass is 441 g/mol. The molecule has 0 rings (SSSR count). The summed E-state index contributed by atoms with van der Waals surface area (Å²) in [7, 11) is 0. The van der Waals surface area contributed by atoms with E-state index in [9.17, 15) is 14.4 Å². The zero-order valence-electron chi connectivity index (χ0n) is 13.9. The Balaban J connectivity index is -0.000000108. The van der Waals surface area contributed by atoms with Crippen molar-refractivity contribution in [1.82, 2.24) is 0 Å². The Kier molecular flexibility index (Phi) is 23.8. The van der Waals surface area contributed by atoms with Crippen LogP contribution in [-0.2, 0) is 14.4 Å². The van der Waals surface area contributed by atoms with Crippen LogP contribution in [-0.4, -0.2) is 32.7 Å². The van der Waals surface area contributed by atoms with E-state index in [1.54, 1.807) is 0 Å². The SMILES string of the molecule is CC(=O)/C=C(/C)O.CC(=O)/C=C(/C)O.CC(=O)/C=C(/C)O.[Pr]. The fraction of sp³-hybridized carbons (Fsp3) is 0.400. The number of allylic oxidation sites excluding steroid dienone is 6. The first-order valence-corrected chi connectivity index (χ1v) is 6.02. The molecule has 0 amide bonds. The van der Waals surface area contributed by atoms with Gasteiger partial charge < -0.3 is 15.3 Å². The molecule has 0 aliphatic rings. The summed E-state index contributed by atoms with van der Waals surface area (Å²) in [5, 5.41) is 25.1. The van der Waals surface area contributed by atoms with Gasteiger partial charge in [0.1, 0.15) is 0 Å². The van der Waals surface area contributed by atoms with Gasteiger partial charge in [0.05, 0.1) is 17.3 Å². The fourth-order valence-corrected chi connectivity index (χ4v) is 0.882. The van der Waals surface area contributed by atoms with Crippen LogP contribution < -0.4 is 0 Å². The Morgan fingerprint density at radius 2 is 0.682 bits per heavy atom. The summed E-state index contributed by atoms with van der Waals surface area (Å²) in [4.78, 5) is 30.1. The van der Waals surface area contributed by atoms with Crippen molar-refractivity contribution in [3.05, 3.63) is 35.5 Å². The zero-order chi connectivity index (χ0) is 17.6. The van der Waals surface area contributed by atoms with Crippen molar-refractivity contribution in [3.8, 4) is 0 Å². The number of aliphatic hydroxyl groups is 3. The van der Waals surface area contributed by atoms with Gasteiger partial charge in [-0.1, -0.05) is 0 Å². The molecule has 0 atom stereocenters. The summed E-state index contributed by atoms with van der Waals surface area (Å²) in [5.41, 5.74) is 0. The molecule has 0 fully saturated rings. The summed E-state index contributed by atoms with van der Waals surface area (Å²) in [6, 6.07) is 0. The second kappa shape index (κ2) is 18.0. The van der Waals surface area contributed by atoms with Crippen LogP contribution in [0.15, 0.2) is 35.5 Å². The molecule has 0 bridgehead atoms. The van der Waals surface area contributed by atoms with Gasteiger partial charge in [-0.15, -0.1) is 0 Å². The van der Waals surface area contributed by atoms with E-state index >= 15 is 0 Å². The van der Waals surface area contributed by atoms with E-state index in [0.29, 0.717) is 0 Å². The minimum absolute atomic E-state index is 0. The summed E-state index contributed by atoms with van der Waals surface area (Å²) >= 11 is 0. The minimum atomic E-state index is -0.125. The molecule has 0 aliphatic carbocycles. The van der Waals surface area contributed by atoms with Gasteiger partial charge in [0, 0.05) is 59.5 Å². The van der Waals surface area contributed by atoms with E-state index in [1.807, 2.05) is 0 Å². The third kappa shape index (κ3) is 50.9. The molecule has 0 unspecified atom stereocenters. The molecule has 22 heavy (non-hydrogen) atoms. The first kappa shape index (κ1) is 29.1. The summed E-state index contributed by atoms with van der Waals surface area (Å²) in [6.45, 7) is 8.54. The van der Waals surface area contributed by atoms with Gasteiger partial charge in [-0.2, -0.15) is 0 Å². The van der Waals surface area contributed by atoms with Gasteiger partial charge in [-0.25, -0.2) is 0 Å². The molecule has 3 N–H and O–H groups in total. The maximum atomic E-state index is 10.0. The Hall–Kier alpha value is -1.01. The average Bonchev–Trinajstić information content (AvgIpc) is 2.10. The molecule has 0 aromatic rings. The van der Waals surface area contributed by atoms with E-state index in [0.717, 1.165) is 0 Å². The molecule has 123 valence electrons. The normalized spacial score (nSPS) is 10.9. The van der Waals surface area contributed by atoms with E-state index in [4.69, 9.17) is 15.3 Å². The first-order chi connectivity index (χ1) is 9.38. The molecule has 0 saturated carbocycles. The summed E-state index contributed by atoms with van der Waals surface area (Å²) in [6.07, 6.45) is 3.50. The maximum Gasteiger partial charge on any atom is 0.155 e. The largest absolute Gasteiger partial charge is 0.512 e. The Morgan fingerprint density at radius 1 is 0.545 bits per heavy atom. The van der Waals surface area contributed by atoms with Crippen molar-refractivity contribution in [1.29, 1.82) is 0 Å². The third-order valence-corrected chi connectivity index (χ3v) is 1.24. The van der Waals surface area contributed by atoms with Crippen molar-refractivity contribution in [2.24, 2.45) is 0 Å². The van der Waals surface area contributed by atoms with Gasteiger partial charge in [-0.3, -0.25) is 14.4 Å². The van der Waals surface area contributed by atoms with E-state index in [2.05, 4.69) is 0 Å². The van der Waals surface area contributed by atoms with Gasteiger partial charge in [-0.05, 0) is 41.5 Å². The smallest absolute Gasteiger partial charge is 0.155 e. The van der Waals surface area contributed by atoms with E-state index in [1.165, 1.54) is 59.8 Å². The van der Waals surface area contributed by atoms with Crippen molar-refractivity contribution in [3.63, 3.8) is 0 Å². The quantitative estimate of drug-likeness (QED) is 0.459. The van der Waals surface area contributed by atoms with Gasteiger partial charge in [0.25, 0.3) is 0 Å². The number of rotatable bonds is 3. The van der Waals surface area contributed by atoms with Gasteiger partial charge in [0.15, 0.2) is 17.3 Å². The van der Waals surface area contributed by atoms with E-state index in [-0.39, 0.29) is 75.9 Å². The third-order valence-electron chi connectivity index (χ3n) is 1.24. The number of carbonyl (C=O) groups is 3. The summed E-state index contributed by atoms with van der Waals surface area (Å²) < 4.78 is 0. The molecule has 0 spiro atoms. The second-order valence-electron chi connectivity index (χ2n) is 4.19. The molecule has 6 nitrogen and oxygen atoms in total. The topological polar surface area (TPSA) is 112 Å². The molecular weight excluding hydrogens is 417 g/mol. The van der Waals surface area contributed by atoms with Crippen LogP contribution in [0.4, 0.5) is 0 Å². The molecule has 0 saturated heterocycles. The van der Waals surface area contributed by atoms with Crippen LogP contribution >= 0.6 is 0 Å². The zero-order valence-corrected chi connectivity index (χ0v) is 17.6. The number of hydrogen-bond acceptors (Lipinski definition) is 6. The van der Waals surface area contributed by atoms with Crippen LogP contribution in [0.25, 0.3) is 0 Å². The van der Waals surface area contributed by atoms with Crippen LogP contribution in [0.5, 0.6) is 0 Å². The molecule has 0 heterocycles. The maximum absolute atomic E-state index is 10.0.